The Kier molecular flexibility index (Phi) is 4.17. The molecule has 1 N–H and O–H groups in total. The number of fused-ring (bicyclic) bond motifs is 1. The quantitative estimate of drug-likeness (QED) is 0.817. The van der Waals surface area contributed by atoms with Gasteiger partial charge in [-0.3, -0.25) is 0 Å². The van der Waals surface area contributed by atoms with E-state index in [1.165, 1.54) is 11.1 Å². The second kappa shape index (κ2) is 5.67. The Bertz CT molecular complexity index is 485. The van der Waals surface area contributed by atoms with Crippen LogP contribution in [0.1, 0.15) is 44.7 Å². The third kappa shape index (κ3) is 3.52. The van der Waals surface area contributed by atoms with Crippen molar-refractivity contribution < 1.29 is 4.74 Å². The molecule has 1 aliphatic rings. The van der Waals surface area contributed by atoms with Crippen LogP contribution in [0.25, 0.3) is 0 Å². The summed E-state index contributed by atoms with van der Waals surface area (Å²) in [6.07, 6.45) is 8.20. The van der Waals surface area contributed by atoms with Crippen LogP contribution >= 0.6 is 0 Å². The lowest BCUT2D eigenvalue weighted by Crippen LogP contribution is -2.27. The van der Waals surface area contributed by atoms with Gasteiger partial charge in [0, 0.05) is 25.4 Å². The van der Waals surface area contributed by atoms with Crippen molar-refractivity contribution in [1.82, 2.24) is 5.32 Å². The maximum absolute atomic E-state index is 5.89. The van der Waals surface area contributed by atoms with Crippen LogP contribution in [0.4, 0.5) is 0 Å². The van der Waals surface area contributed by atoms with Gasteiger partial charge in [0.05, 0.1) is 0 Å². The molecule has 102 valence electrons. The van der Waals surface area contributed by atoms with Crippen LogP contribution in [0.5, 0.6) is 5.75 Å². The summed E-state index contributed by atoms with van der Waals surface area (Å²) in [5, 5.41) is 3.52. The predicted octanol–water partition coefficient (Wildman–Crippen LogP) is 3.29. The van der Waals surface area contributed by atoms with Gasteiger partial charge in [0.15, 0.2) is 0 Å². The Labute approximate surface area is 116 Å². The van der Waals surface area contributed by atoms with Gasteiger partial charge in [-0.1, -0.05) is 19.1 Å². The summed E-state index contributed by atoms with van der Waals surface area (Å²) in [5.74, 6) is 3.76. The van der Waals surface area contributed by atoms with Crippen LogP contribution in [0.3, 0.4) is 0 Å². The zero-order valence-corrected chi connectivity index (χ0v) is 12.1. The fourth-order valence-electron chi connectivity index (χ4n) is 2.54. The van der Waals surface area contributed by atoms with E-state index < -0.39 is 0 Å². The van der Waals surface area contributed by atoms with Gasteiger partial charge in [0.2, 0.25) is 0 Å². The lowest BCUT2D eigenvalue weighted by Gasteiger charge is -2.16. The summed E-state index contributed by atoms with van der Waals surface area (Å²) in [6.45, 7) is 7.29. The first-order valence-electron chi connectivity index (χ1n) is 7.02. The van der Waals surface area contributed by atoms with Crippen molar-refractivity contribution in [2.24, 2.45) is 0 Å². The van der Waals surface area contributed by atoms with Crippen LogP contribution in [-0.4, -0.2) is 11.6 Å². The molecule has 0 saturated carbocycles. The Morgan fingerprint density at radius 1 is 1.47 bits per heavy atom. The van der Waals surface area contributed by atoms with E-state index in [1.807, 2.05) is 0 Å². The number of terminal acetylenes is 1. The van der Waals surface area contributed by atoms with Crippen molar-refractivity contribution in [2.45, 2.75) is 58.2 Å². The predicted molar refractivity (Wildman–Crippen MR) is 79.2 cm³/mol. The number of rotatable bonds is 5. The van der Waals surface area contributed by atoms with Crippen molar-refractivity contribution in [3.63, 3.8) is 0 Å². The monoisotopic (exact) mass is 257 g/mol. The van der Waals surface area contributed by atoms with Crippen molar-refractivity contribution >= 4 is 0 Å². The van der Waals surface area contributed by atoms with Gasteiger partial charge in [0.1, 0.15) is 11.4 Å². The third-order valence-corrected chi connectivity index (χ3v) is 3.58. The molecule has 0 aliphatic carbocycles. The normalized spacial score (nSPS) is 17.4. The molecule has 1 heterocycles. The molecule has 1 unspecified atom stereocenters. The second-order valence-electron chi connectivity index (χ2n) is 5.87. The molecule has 0 saturated heterocycles. The number of benzene rings is 1. The van der Waals surface area contributed by atoms with Gasteiger partial charge >= 0.3 is 0 Å². The highest BCUT2D eigenvalue weighted by Gasteiger charge is 2.29. The molecule has 0 radical (unpaired) electrons. The minimum atomic E-state index is -0.0657. The van der Waals surface area contributed by atoms with Crippen molar-refractivity contribution in [1.29, 1.82) is 0 Å². The summed E-state index contributed by atoms with van der Waals surface area (Å²) in [6, 6.07) is 6.88. The van der Waals surface area contributed by atoms with E-state index in [1.54, 1.807) is 0 Å². The Balaban J connectivity index is 1.99. The van der Waals surface area contributed by atoms with E-state index in [4.69, 9.17) is 11.2 Å². The van der Waals surface area contributed by atoms with Crippen LogP contribution in [0, 0.1) is 12.3 Å². The highest BCUT2D eigenvalue weighted by Crippen LogP contribution is 2.35. The van der Waals surface area contributed by atoms with E-state index in [2.05, 4.69) is 50.2 Å². The summed E-state index contributed by atoms with van der Waals surface area (Å²) in [5.41, 5.74) is 2.55. The Hall–Kier alpha value is -1.46. The average Bonchev–Trinajstić information content (AvgIpc) is 2.67. The average molecular weight is 257 g/mol. The van der Waals surface area contributed by atoms with E-state index in [9.17, 15) is 0 Å². The lowest BCUT2D eigenvalue weighted by atomic mass is 10.00. The second-order valence-corrected chi connectivity index (χ2v) is 5.87. The first-order valence-corrected chi connectivity index (χ1v) is 7.02. The van der Waals surface area contributed by atoms with Crippen LogP contribution in [0.15, 0.2) is 18.2 Å². The first kappa shape index (κ1) is 14.0. The summed E-state index contributed by atoms with van der Waals surface area (Å²) in [4.78, 5) is 0. The molecular weight excluding hydrogens is 234 g/mol. The highest BCUT2D eigenvalue weighted by atomic mass is 16.5. The fraction of sp³-hybridized carbons (Fsp3) is 0.529. The van der Waals surface area contributed by atoms with Gasteiger partial charge in [-0.05, 0) is 37.5 Å². The summed E-state index contributed by atoms with van der Waals surface area (Å²) < 4.78 is 5.89. The molecule has 2 nitrogen and oxygen atoms in total. The number of nitrogens with one attached hydrogen (secondary N) is 1. The molecule has 2 heteroatoms. The van der Waals surface area contributed by atoms with Gasteiger partial charge in [-0.25, -0.2) is 0 Å². The van der Waals surface area contributed by atoms with E-state index >= 15 is 0 Å². The Morgan fingerprint density at radius 3 is 2.95 bits per heavy atom. The molecule has 1 aromatic carbocycles. The number of hydrogen-bond acceptors (Lipinski definition) is 2. The maximum Gasteiger partial charge on any atom is 0.123 e. The molecule has 0 amide bonds. The third-order valence-electron chi connectivity index (χ3n) is 3.58. The number of ether oxygens (including phenoxy) is 1. The molecule has 1 aliphatic heterocycles. The van der Waals surface area contributed by atoms with Gasteiger partial charge in [0.25, 0.3) is 0 Å². The zero-order chi connectivity index (χ0) is 13.9. The highest BCUT2D eigenvalue weighted by molar-refractivity contribution is 5.41. The van der Waals surface area contributed by atoms with E-state index in [0.29, 0.717) is 6.04 Å². The van der Waals surface area contributed by atoms with Crippen LogP contribution in [-0.2, 0) is 13.0 Å². The molecule has 0 bridgehead atoms. The van der Waals surface area contributed by atoms with E-state index in [-0.39, 0.29) is 5.60 Å². The van der Waals surface area contributed by atoms with Crippen LogP contribution < -0.4 is 10.1 Å². The molecule has 1 atom stereocenters. The standard InChI is InChI=1S/C17H23NO/c1-5-7-15(6-2)18-12-13-8-9-16-14(10-13)11-17(3,4)19-16/h1,8-10,15,18H,6-7,11-12H2,2-4H3. The summed E-state index contributed by atoms with van der Waals surface area (Å²) >= 11 is 0. The minimum Gasteiger partial charge on any atom is -0.487 e. The minimum absolute atomic E-state index is 0.0657. The fourth-order valence-corrected chi connectivity index (χ4v) is 2.54. The topological polar surface area (TPSA) is 21.3 Å². The zero-order valence-electron chi connectivity index (χ0n) is 12.1. The van der Waals surface area contributed by atoms with Crippen molar-refractivity contribution in [3.05, 3.63) is 29.3 Å². The van der Waals surface area contributed by atoms with Gasteiger partial charge in [-0.15, -0.1) is 12.3 Å². The SMILES string of the molecule is C#CCC(CC)NCc1ccc2c(c1)CC(C)(C)O2. The molecule has 0 spiro atoms. The van der Waals surface area contributed by atoms with Crippen LogP contribution in [0.2, 0.25) is 0 Å². The van der Waals surface area contributed by atoms with Crippen molar-refractivity contribution in [3.8, 4) is 18.1 Å². The molecule has 0 fully saturated rings. The van der Waals surface area contributed by atoms with Gasteiger partial charge in [-0.2, -0.15) is 0 Å². The van der Waals surface area contributed by atoms with Crippen molar-refractivity contribution in [2.75, 3.05) is 0 Å². The molecule has 19 heavy (non-hydrogen) atoms. The summed E-state index contributed by atoms with van der Waals surface area (Å²) in [7, 11) is 0. The largest absolute Gasteiger partial charge is 0.487 e. The molecule has 2 rings (SSSR count). The smallest absolute Gasteiger partial charge is 0.123 e. The maximum atomic E-state index is 5.89. The molecule has 0 aromatic heterocycles. The first-order chi connectivity index (χ1) is 9.04. The lowest BCUT2D eigenvalue weighted by molar-refractivity contribution is 0.138. The van der Waals surface area contributed by atoms with E-state index in [0.717, 1.165) is 31.6 Å². The molecular formula is C17H23NO. The number of hydrogen-bond donors (Lipinski definition) is 1. The molecule has 1 aromatic rings. The van der Waals surface area contributed by atoms with Gasteiger partial charge < -0.3 is 10.1 Å². The Morgan fingerprint density at radius 2 is 2.26 bits per heavy atom.